The third-order valence-corrected chi connectivity index (χ3v) is 10.3. The Balaban J connectivity index is 1.27. The summed E-state index contributed by atoms with van der Waals surface area (Å²) in [7, 11) is 1.39. The molecule has 4 atom stereocenters. The summed E-state index contributed by atoms with van der Waals surface area (Å²) >= 11 is 0. The first-order valence-corrected chi connectivity index (χ1v) is 14.7. The van der Waals surface area contributed by atoms with Crippen LogP contribution in [0.25, 0.3) is 0 Å². The summed E-state index contributed by atoms with van der Waals surface area (Å²) in [6.07, 6.45) is 8.28. The van der Waals surface area contributed by atoms with Crippen molar-refractivity contribution >= 4 is 17.7 Å². The molecule has 1 aromatic rings. The maximum Gasteiger partial charge on any atom is 0.255 e. The van der Waals surface area contributed by atoms with Crippen molar-refractivity contribution < 1.29 is 28.2 Å². The SMILES string of the molecule is COc1cc(F)c(OC2CCC(C)(C(=O)NN)CC2)cc1C(=O)N[C@@H]1[C@H]2CC[C@H](C2)[C@@H]1C(=O)NCC1(C)CCC1. The first kappa shape index (κ1) is 28.6. The number of halogens is 1. The number of methoxy groups -OCH3 is 1. The predicted octanol–water partition coefficient (Wildman–Crippen LogP) is 3.60. The highest BCUT2D eigenvalue weighted by molar-refractivity contribution is 5.98. The van der Waals surface area contributed by atoms with Crippen LogP contribution in [0.2, 0.25) is 0 Å². The molecule has 9 nitrogen and oxygen atoms in total. The lowest BCUT2D eigenvalue weighted by Gasteiger charge is -2.39. The zero-order valence-electron chi connectivity index (χ0n) is 23.8. The fraction of sp³-hybridized carbons (Fsp3) is 0.700. The molecule has 4 saturated carbocycles. The van der Waals surface area contributed by atoms with E-state index < -0.39 is 17.1 Å². The Kier molecular flexibility index (Phi) is 8.01. The molecule has 1 aromatic carbocycles. The van der Waals surface area contributed by atoms with Gasteiger partial charge in [-0.3, -0.25) is 19.8 Å². The Bertz CT molecular complexity index is 1150. The molecule has 5 rings (SSSR count). The number of nitrogens with one attached hydrogen (secondary N) is 3. The van der Waals surface area contributed by atoms with Crippen molar-refractivity contribution in [2.75, 3.05) is 13.7 Å². The van der Waals surface area contributed by atoms with E-state index in [4.69, 9.17) is 15.3 Å². The van der Waals surface area contributed by atoms with Crippen LogP contribution in [0.4, 0.5) is 4.39 Å². The molecule has 4 aliphatic carbocycles. The number of hydrogen-bond donors (Lipinski definition) is 4. The summed E-state index contributed by atoms with van der Waals surface area (Å²) < 4.78 is 26.4. The summed E-state index contributed by atoms with van der Waals surface area (Å²) in [6, 6.07) is 2.29. The van der Waals surface area contributed by atoms with Gasteiger partial charge in [0.05, 0.1) is 24.7 Å². The summed E-state index contributed by atoms with van der Waals surface area (Å²) in [5, 5.41) is 6.30. The smallest absolute Gasteiger partial charge is 0.255 e. The minimum absolute atomic E-state index is 0.0216. The largest absolute Gasteiger partial charge is 0.496 e. The number of amides is 3. The van der Waals surface area contributed by atoms with E-state index in [0.29, 0.717) is 32.2 Å². The van der Waals surface area contributed by atoms with Gasteiger partial charge in [-0.05, 0) is 81.1 Å². The van der Waals surface area contributed by atoms with E-state index >= 15 is 4.39 Å². The van der Waals surface area contributed by atoms with Crippen LogP contribution in [-0.2, 0) is 9.59 Å². The number of benzene rings is 1. The van der Waals surface area contributed by atoms with Crippen LogP contribution in [0.15, 0.2) is 12.1 Å². The Morgan fingerprint density at radius 2 is 1.73 bits per heavy atom. The first-order chi connectivity index (χ1) is 19.1. The highest BCUT2D eigenvalue weighted by atomic mass is 19.1. The van der Waals surface area contributed by atoms with Gasteiger partial charge in [-0.1, -0.05) is 20.3 Å². The Morgan fingerprint density at radius 3 is 2.35 bits per heavy atom. The number of ether oxygens (including phenoxy) is 2. The van der Waals surface area contributed by atoms with Crippen molar-refractivity contribution in [3.8, 4) is 11.5 Å². The second-order valence-corrected chi connectivity index (χ2v) is 13.1. The molecule has 4 fully saturated rings. The van der Waals surface area contributed by atoms with E-state index in [9.17, 15) is 14.4 Å². The van der Waals surface area contributed by atoms with Crippen molar-refractivity contribution in [3.05, 3.63) is 23.5 Å². The molecule has 4 aliphatic rings. The van der Waals surface area contributed by atoms with Crippen molar-refractivity contribution in [1.29, 1.82) is 0 Å². The molecule has 0 heterocycles. The van der Waals surface area contributed by atoms with Gasteiger partial charge in [-0.2, -0.15) is 0 Å². The Morgan fingerprint density at radius 1 is 1.02 bits per heavy atom. The number of carbonyl (C=O) groups is 3. The lowest BCUT2D eigenvalue weighted by Crippen LogP contribution is -2.51. The van der Waals surface area contributed by atoms with E-state index in [0.717, 1.165) is 32.1 Å². The molecule has 0 saturated heterocycles. The molecule has 0 aromatic heterocycles. The Labute approximate surface area is 235 Å². The quantitative estimate of drug-likeness (QED) is 0.208. The van der Waals surface area contributed by atoms with Crippen molar-refractivity contribution in [1.82, 2.24) is 16.1 Å². The minimum Gasteiger partial charge on any atom is -0.496 e. The number of hydrogen-bond acceptors (Lipinski definition) is 6. The highest BCUT2D eigenvalue weighted by Gasteiger charge is 2.51. The van der Waals surface area contributed by atoms with E-state index in [1.54, 1.807) is 0 Å². The predicted molar refractivity (Wildman–Crippen MR) is 147 cm³/mol. The highest BCUT2D eigenvalue weighted by Crippen LogP contribution is 2.49. The molecule has 0 radical (unpaired) electrons. The minimum atomic E-state index is -0.622. The molecule has 0 aliphatic heterocycles. The number of fused-ring (bicyclic) bond motifs is 2. The van der Waals surface area contributed by atoms with Gasteiger partial charge in [0.1, 0.15) is 5.75 Å². The van der Waals surface area contributed by atoms with Crippen molar-refractivity contribution in [3.63, 3.8) is 0 Å². The lowest BCUT2D eigenvalue weighted by molar-refractivity contribution is -0.133. The summed E-state index contributed by atoms with van der Waals surface area (Å²) in [6.45, 7) is 4.74. The van der Waals surface area contributed by atoms with Gasteiger partial charge in [-0.25, -0.2) is 10.2 Å². The molecule has 220 valence electrons. The monoisotopic (exact) mass is 558 g/mol. The van der Waals surface area contributed by atoms with Gasteiger partial charge in [0, 0.05) is 24.1 Å². The molecular weight excluding hydrogens is 515 g/mol. The standard InChI is InChI=1S/C30H43FN4O5/c1-29(9-4-10-29)16-33-27(37)24-17-5-6-18(13-17)25(24)34-26(36)20-14-23(21(31)15-22(20)39-3)40-19-7-11-30(2,12-8-19)28(38)35-32/h14-15,17-19,24-25H,4-13,16,32H2,1-3H3,(H,33,37)(H,34,36)(H,35,38)/t17-,18+,19?,24+,25-,30?/m1/s1. The van der Waals surface area contributed by atoms with Crippen molar-refractivity contribution in [2.45, 2.75) is 90.2 Å². The maximum absolute atomic E-state index is 15.0. The average molecular weight is 559 g/mol. The van der Waals surface area contributed by atoms with Gasteiger partial charge in [0.2, 0.25) is 11.8 Å². The van der Waals surface area contributed by atoms with Gasteiger partial charge in [-0.15, -0.1) is 0 Å². The fourth-order valence-electron chi connectivity index (χ4n) is 7.38. The van der Waals surface area contributed by atoms with Gasteiger partial charge in [0.25, 0.3) is 5.91 Å². The number of rotatable bonds is 9. The van der Waals surface area contributed by atoms with Crippen LogP contribution in [-0.4, -0.2) is 43.5 Å². The zero-order chi connectivity index (χ0) is 28.7. The van der Waals surface area contributed by atoms with Crippen LogP contribution in [0.1, 0.15) is 88.4 Å². The van der Waals surface area contributed by atoms with E-state index in [-0.39, 0.29) is 64.2 Å². The number of hydrazine groups is 1. The van der Waals surface area contributed by atoms with Crippen LogP contribution in [0, 0.1) is 34.4 Å². The zero-order valence-corrected chi connectivity index (χ0v) is 23.8. The van der Waals surface area contributed by atoms with Crippen molar-refractivity contribution in [2.24, 2.45) is 34.4 Å². The molecular formula is C30H43FN4O5. The summed E-state index contributed by atoms with van der Waals surface area (Å²) in [5.41, 5.74) is 1.99. The molecule has 2 bridgehead atoms. The molecule has 0 spiro atoms. The average Bonchev–Trinajstić information content (AvgIpc) is 3.54. The van der Waals surface area contributed by atoms with Crippen LogP contribution in [0.5, 0.6) is 11.5 Å². The topological polar surface area (TPSA) is 132 Å². The maximum atomic E-state index is 15.0. The van der Waals surface area contributed by atoms with E-state index in [2.05, 4.69) is 23.0 Å². The first-order valence-electron chi connectivity index (χ1n) is 14.7. The number of carbonyl (C=O) groups excluding carboxylic acids is 3. The third kappa shape index (κ3) is 5.51. The Hall–Kier alpha value is -2.88. The fourth-order valence-corrected chi connectivity index (χ4v) is 7.38. The van der Waals surface area contributed by atoms with Crippen LogP contribution in [0.3, 0.4) is 0 Å². The molecule has 3 amide bonds. The normalized spacial score (nSPS) is 32.1. The van der Waals surface area contributed by atoms with Gasteiger partial charge in [0.15, 0.2) is 11.6 Å². The van der Waals surface area contributed by atoms with E-state index in [1.165, 1.54) is 25.7 Å². The van der Waals surface area contributed by atoms with Crippen LogP contribution < -0.4 is 31.4 Å². The van der Waals surface area contributed by atoms with Gasteiger partial charge < -0.3 is 20.1 Å². The second-order valence-electron chi connectivity index (χ2n) is 13.1. The second kappa shape index (κ2) is 11.2. The molecule has 10 heteroatoms. The third-order valence-electron chi connectivity index (χ3n) is 10.3. The lowest BCUT2D eigenvalue weighted by atomic mass is 9.70. The molecule has 40 heavy (non-hydrogen) atoms. The molecule has 5 N–H and O–H groups in total. The molecule has 0 unspecified atom stereocenters. The number of nitrogens with two attached hydrogens (primary N) is 1. The van der Waals surface area contributed by atoms with Crippen LogP contribution >= 0.6 is 0 Å². The summed E-state index contributed by atoms with van der Waals surface area (Å²) in [4.78, 5) is 39.0. The van der Waals surface area contributed by atoms with E-state index in [1.807, 2.05) is 6.92 Å². The summed E-state index contributed by atoms with van der Waals surface area (Å²) in [5.74, 6) is 4.43. The van der Waals surface area contributed by atoms with Gasteiger partial charge >= 0.3 is 0 Å².